The molecule has 4 aromatic rings. The molecule has 7 nitrogen and oxygen atoms in total. The van der Waals surface area contributed by atoms with E-state index in [-0.39, 0.29) is 21.7 Å². The number of rotatable bonds is 7. The molecule has 43 heavy (non-hydrogen) atoms. The summed E-state index contributed by atoms with van der Waals surface area (Å²) < 4.78 is 16.5. The zero-order valence-electron chi connectivity index (χ0n) is 23.8. The van der Waals surface area contributed by atoms with E-state index in [9.17, 15) is 14.9 Å². The fourth-order valence-electron chi connectivity index (χ4n) is 4.73. The fourth-order valence-corrected chi connectivity index (χ4v) is 5.01. The Bertz CT molecular complexity index is 1660. The number of ether oxygens (including phenoxy) is 3. The van der Waals surface area contributed by atoms with E-state index >= 15 is 0 Å². The summed E-state index contributed by atoms with van der Waals surface area (Å²) in [5, 5.41) is 13.9. The number of benzene rings is 4. The first-order chi connectivity index (χ1) is 20.6. The van der Waals surface area contributed by atoms with Gasteiger partial charge in [-0.1, -0.05) is 104 Å². The van der Waals surface area contributed by atoms with Crippen molar-refractivity contribution in [2.75, 3.05) is 7.05 Å². The summed E-state index contributed by atoms with van der Waals surface area (Å²) in [4.78, 5) is 23.7. The van der Waals surface area contributed by atoms with Gasteiger partial charge in [0.1, 0.15) is 27.8 Å². The largest absolute Gasteiger partial charge is 0.457 e. The number of nitrogens with zero attached hydrogens (tertiary/aromatic N) is 1. The van der Waals surface area contributed by atoms with Gasteiger partial charge < -0.3 is 19.5 Å². The summed E-state index contributed by atoms with van der Waals surface area (Å²) >= 11 is 11.5. The zero-order valence-corrected chi connectivity index (χ0v) is 25.3. The minimum atomic E-state index is -1.03. The number of esters is 1. The second kappa shape index (κ2) is 14.1. The van der Waals surface area contributed by atoms with Crippen molar-refractivity contribution in [2.24, 2.45) is 17.3 Å². The van der Waals surface area contributed by atoms with E-state index < -0.39 is 18.2 Å². The van der Waals surface area contributed by atoms with Crippen molar-refractivity contribution in [2.45, 2.75) is 20.0 Å². The molecule has 4 aromatic carbocycles. The van der Waals surface area contributed by atoms with Gasteiger partial charge in [-0.05, 0) is 53.1 Å². The number of amides is 1. The molecule has 1 saturated carbocycles. The smallest absolute Gasteiger partial charge is 0.412 e. The lowest BCUT2D eigenvalue weighted by molar-refractivity contribution is -0.149. The zero-order chi connectivity index (χ0) is 31.0. The molecule has 1 aliphatic carbocycles. The van der Waals surface area contributed by atoms with Crippen LogP contribution in [0.1, 0.15) is 25.5 Å². The average Bonchev–Trinajstić information content (AvgIpc) is 3.55. The third kappa shape index (κ3) is 8.07. The molecule has 0 aromatic heterocycles. The van der Waals surface area contributed by atoms with Gasteiger partial charge >= 0.3 is 12.1 Å². The van der Waals surface area contributed by atoms with Crippen LogP contribution in [0.3, 0.4) is 0 Å². The van der Waals surface area contributed by atoms with Gasteiger partial charge in [0.25, 0.3) is 0 Å². The molecule has 1 amide bonds. The van der Waals surface area contributed by atoms with Crippen LogP contribution in [-0.4, -0.2) is 19.1 Å². The average molecular weight is 618 g/mol. The van der Waals surface area contributed by atoms with Crippen LogP contribution in [0.4, 0.5) is 4.79 Å². The van der Waals surface area contributed by atoms with Gasteiger partial charge in [0.15, 0.2) is 0 Å². The standard InChI is InChI=1S/C22H19Cl2NO3.C12H11NO2/c1-22(2)17(12-19(23)24)20(22)21(26)28-18(13-25)14-7-6-10-16(11-14)27-15-8-4-3-5-9-15;1-13-12(14)15-11-8-4-6-9-5-2-3-7-10(9)11/h3-12,17-18,20H,1-2H3;2-8H,1H3,(H,13,14)/t17-,18?,20+;/m1./s1. The van der Waals surface area contributed by atoms with Crippen LogP contribution >= 0.6 is 23.2 Å². The van der Waals surface area contributed by atoms with Crippen molar-refractivity contribution in [3.8, 4) is 23.3 Å². The first-order valence-corrected chi connectivity index (χ1v) is 14.2. The maximum Gasteiger partial charge on any atom is 0.412 e. The number of carbonyl (C=O) groups excluding carboxylic acids is 2. The SMILES string of the molecule is CC1(C)[C@H](C=C(Cl)Cl)[C@H]1C(=O)OC(C#N)c1cccc(Oc2ccccc2)c1.CNC(=O)Oc1cccc2ccccc12. The van der Waals surface area contributed by atoms with Crippen molar-refractivity contribution < 1.29 is 23.8 Å². The predicted molar refractivity (Wildman–Crippen MR) is 167 cm³/mol. The molecule has 9 heteroatoms. The number of fused-ring (bicyclic) bond motifs is 1. The Morgan fingerprint density at radius 3 is 2.28 bits per heavy atom. The molecular weight excluding hydrogens is 587 g/mol. The number of nitriles is 1. The number of carbonyl (C=O) groups is 2. The van der Waals surface area contributed by atoms with Crippen molar-refractivity contribution in [3.05, 3.63) is 113 Å². The number of nitrogens with one attached hydrogen (secondary N) is 1. The quantitative estimate of drug-likeness (QED) is 0.208. The molecule has 0 spiro atoms. The van der Waals surface area contributed by atoms with Crippen molar-refractivity contribution >= 4 is 46.0 Å². The van der Waals surface area contributed by atoms with Crippen LogP contribution in [0.25, 0.3) is 10.8 Å². The lowest BCUT2D eigenvalue weighted by Crippen LogP contribution is -2.22. The van der Waals surface area contributed by atoms with E-state index in [1.807, 2.05) is 86.6 Å². The Morgan fingerprint density at radius 1 is 0.930 bits per heavy atom. The minimum absolute atomic E-state index is 0.114. The third-order valence-corrected chi connectivity index (χ3v) is 7.37. The second-order valence-corrected chi connectivity index (χ2v) is 11.3. The van der Waals surface area contributed by atoms with Crippen LogP contribution < -0.4 is 14.8 Å². The summed E-state index contributed by atoms with van der Waals surface area (Å²) in [6.07, 6.45) is 0.163. The summed E-state index contributed by atoms with van der Waals surface area (Å²) in [5.74, 6) is 0.866. The summed E-state index contributed by atoms with van der Waals surface area (Å²) in [6.45, 7) is 3.87. The molecule has 0 bridgehead atoms. The van der Waals surface area contributed by atoms with E-state index in [2.05, 4.69) is 5.32 Å². The summed E-state index contributed by atoms with van der Waals surface area (Å²) in [5.41, 5.74) is 0.231. The Balaban J connectivity index is 0.000000237. The molecule has 220 valence electrons. The number of allylic oxidation sites excluding steroid dienone is 1. The Kier molecular flexibility index (Phi) is 10.3. The molecule has 0 heterocycles. The molecule has 1 N–H and O–H groups in total. The maximum atomic E-state index is 12.6. The lowest BCUT2D eigenvalue weighted by Gasteiger charge is -2.13. The second-order valence-electron chi connectivity index (χ2n) is 10.3. The van der Waals surface area contributed by atoms with Crippen LogP contribution in [0, 0.1) is 28.6 Å². The van der Waals surface area contributed by atoms with Crippen molar-refractivity contribution in [3.63, 3.8) is 0 Å². The highest BCUT2D eigenvalue weighted by Gasteiger charge is 2.62. The first kappa shape index (κ1) is 31.4. The van der Waals surface area contributed by atoms with Gasteiger partial charge in [-0.2, -0.15) is 5.26 Å². The maximum absolute atomic E-state index is 12.6. The van der Waals surface area contributed by atoms with E-state index in [0.717, 1.165) is 10.8 Å². The van der Waals surface area contributed by atoms with E-state index in [1.165, 1.54) is 7.05 Å². The van der Waals surface area contributed by atoms with Gasteiger partial charge in [-0.25, -0.2) is 4.79 Å². The van der Waals surface area contributed by atoms with Gasteiger partial charge in [-0.15, -0.1) is 0 Å². The first-order valence-electron chi connectivity index (χ1n) is 13.5. The highest BCUT2D eigenvalue weighted by molar-refractivity contribution is 6.55. The van der Waals surface area contributed by atoms with E-state index in [4.69, 9.17) is 37.4 Å². The third-order valence-electron chi connectivity index (χ3n) is 7.12. The monoisotopic (exact) mass is 616 g/mol. The van der Waals surface area contributed by atoms with Gasteiger partial charge in [-0.3, -0.25) is 4.79 Å². The highest BCUT2D eigenvalue weighted by Crippen LogP contribution is 2.60. The van der Waals surface area contributed by atoms with Crippen molar-refractivity contribution in [1.29, 1.82) is 5.26 Å². The van der Waals surface area contributed by atoms with Crippen LogP contribution in [0.2, 0.25) is 0 Å². The summed E-state index contributed by atoms with van der Waals surface area (Å²) in [6, 6.07) is 31.7. The molecule has 3 atom stereocenters. The molecule has 1 fully saturated rings. The normalized spacial score (nSPS) is 16.7. The van der Waals surface area contributed by atoms with E-state index in [1.54, 1.807) is 36.4 Å². The molecular formula is C34H30Cl2N2O5. The minimum Gasteiger partial charge on any atom is -0.457 e. The van der Waals surface area contributed by atoms with Gasteiger partial charge in [0, 0.05) is 18.0 Å². The van der Waals surface area contributed by atoms with Crippen LogP contribution in [-0.2, 0) is 9.53 Å². The van der Waals surface area contributed by atoms with Gasteiger partial charge in [0.05, 0.1) is 5.92 Å². The number of para-hydroxylation sites is 1. The number of hydrogen-bond donors (Lipinski definition) is 1. The predicted octanol–water partition coefficient (Wildman–Crippen LogP) is 8.74. The van der Waals surface area contributed by atoms with Crippen LogP contribution in [0.15, 0.2) is 108 Å². The summed E-state index contributed by atoms with van der Waals surface area (Å²) in [7, 11) is 1.54. The molecule has 5 rings (SSSR count). The topological polar surface area (TPSA) is 97.7 Å². The molecule has 0 radical (unpaired) electrons. The number of hydrogen-bond acceptors (Lipinski definition) is 6. The van der Waals surface area contributed by atoms with E-state index in [0.29, 0.717) is 22.8 Å². The molecule has 1 unspecified atom stereocenters. The highest BCUT2D eigenvalue weighted by atomic mass is 35.5. The van der Waals surface area contributed by atoms with Crippen molar-refractivity contribution in [1.82, 2.24) is 5.32 Å². The Labute approximate surface area is 260 Å². The van der Waals surface area contributed by atoms with Gasteiger partial charge in [0.2, 0.25) is 6.10 Å². The lowest BCUT2D eigenvalue weighted by atomic mass is 10.1. The Hall–Kier alpha value is -4.51. The molecule has 0 aliphatic heterocycles. The molecule has 1 aliphatic rings. The Morgan fingerprint density at radius 2 is 1.58 bits per heavy atom. The van der Waals surface area contributed by atoms with Crippen LogP contribution in [0.5, 0.6) is 17.2 Å². The fraction of sp³-hybridized carbons (Fsp3) is 0.206. The molecule has 0 saturated heterocycles. The number of halogens is 2.